The number of likely N-dealkylation sites (N-methyl/N-ethyl adjacent to an activating group) is 1. The zero-order valence-corrected chi connectivity index (χ0v) is 14.8. The van der Waals surface area contributed by atoms with Crippen molar-refractivity contribution >= 4 is 16.8 Å². The number of ether oxygens (including phenoxy) is 2. The average Bonchev–Trinajstić information content (AvgIpc) is 3.14. The predicted octanol–water partition coefficient (Wildman–Crippen LogP) is 1.97. The van der Waals surface area contributed by atoms with Gasteiger partial charge >= 0.3 is 0 Å². The van der Waals surface area contributed by atoms with Gasteiger partial charge in [-0.1, -0.05) is 12.1 Å². The first kappa shape index (κ1) is 17.6. The van der Waals surface area contributed by atoms with Crippen molar-refractivity contribution in [3.05, 3.63) is 36.0 Å². The summed E-state index contributed by atoms with van der Waals surface area (Å²) in [6.07, 6.45) is 4.04. The van der Waals surface area contributed by atoms with Gasteiger partial charge in [0.1, 0.15) is 11.3 Å². The summed E-state index contributed by atoms with van der Waals surface area (Å²) < 4.78 is 10.9. The first-order valence-electron chi connectivity index (χ1n) is 8.65. The zero-order chi connectivity index (χ0) is 17.6. The lowest BCUT2D eigenvalue weighted by Crippen LogP contribution is -2.38. The number of benzene rings is 1. The van der Waals surface area contributed by atoms with E-state index in [9.17, 15) is 4.79 Å². The lowest BCUT2D eigenvalue weighted by molar-refractivity contribution is -0.122. The van der Waals surface area contributed by atoms with Crippen molar-refractivity contribution in [1.82, 2.24) is 15.2 Å². The third kappa shape index (κ3) is 4.46. The Morgan fingerprint density at radius 1 is 1.44 bits per heavy atom. The van der Waals surface area contributed by atoms with Crippen LogP contribution >= 0.6 is 0 Å². The van der Waals surface area contributed by atoms with Gasteiger partial charge in [-0.15, -0.1) is 0 Å². The van der Waals surface area contributed by atoms with Gasteiger partial charge in [0.2, 0.25) is 5.91 Å². The van der Waals surface area contributed by atoms with Crippen LogP contribution in [0.15, 0.2) is 30.5 Å². The van der Waals surface area contributed by atoms with Crippen LogP contribution < -0.4 is 10.1 Å². The van der Waals surface area contributed by atoms with E-state index in [1.54, 1.807) is 13.3 Å². The summed E-state index contributed by atoms with van der Waals surface area (Å²) in [5.74, 6) is 0.783. The number of rotatable bonds is 7. The minimum absolute atomic E-state index is 0.0222. The number of aromatic nitrogens is 1. The van der Waals surface area contributed by atoms with Gasteiger partial charge in [-0.3, -0.25) is 14.7 Å². The summed E-state index contributed by atoms with van der Waals surface area (Å²) >= 11 is 0. The Balaban J connectivity index is 1.60. The number of fused-ring (bicyclic) bond motifs is 1. The lowest BCUT2D eigenvalue weighted by atomic mass is 10.1. The van der Waals surface area contributed by atoms with Gasteiger partial charge in [0.15, 0.2) is 0 Å². The number of amides is 1. The highest BCUT2D eigenvalue weighted by atomic mass is 16.5. The van der Waals surface area contributed by atoms with Gasteiger partial charge in [-0.25, -0.2) is 0 Å². The maximum absolute atomic E-state index is 12.1. The summed E-state index contributed by atoms with van der Waals surface area (Å²) in [5, 5.41) is 4.01. The van der Waals surface area contributed by atoms with E-state index in [2.05, 4.69) is 10.3 Å². The van der Waals surface area contributed by atoms with Crippen LogP contribution in [0, 0.1) is 0 Å². The minimum atomic E-state index is 0.0222. The molecule has 1 saturated heterocycles. The van der Waals surface area contributed by atoms with Crippen molar-refractivity contribution in [2.75, 3.05) is 33.9 Å². The summed E-state index contributed by atoms with van der Waals surface area (Å²) in [6.45, 7) is 2.42. The monoisotopic (exact) mass is 343 g/mol. The fourth-order valence-corrected chi connectivity index (χ4v) is 3.19. The number of carbonyl (C=O) groups is 1. The fraction of sp³-hybridized carbons (Fsp3) is 0.474. The molecule has 0 bridgehead atoms. The van der Waals surface area contributed by atoms with Crippen LogP contribution in [-0.4, -0.2) is 55.7 Å². The van der Waals surface area contributed by atoms with E-state index in [1.807, 2.05) is 36.2 Å². The summed E-state index contributed by atoms with van der Waals surface area (Å²) in [6, 6.07) is 7.91. The third-order valence-electron chi connectivity index (χ3n) is 4.45. The van der Waals surface area contributed by atoms with Crippen molar-refractivity contribution in [2.45, 2.75) is 25.5 Å². The number of hydrogen-bond donors (Lipinski definition) is 1. The topological polar surface area (TPSA) is 63.7 Å². The Morgan fingerprint density at radius 2 is 2.32 bits per heavy atom. The highest BCUT2D eigenvalue weighted by molar-refractivity contribution is 5.87. The molecule has 1 atom stereocenters. The van der Waals surface area contributed by atoms with E-state index in [1.165, 1.54) is 0 Å². The first-order valence-corrected chi connectivity index (χ1v) is 8.65. The maximum atomic E-state index is 12.1. The van der Waals surface area contributed by atoms with E-state index in [-0.39, 0.29) is 12.0 Å². The van der Waals surface area contributed by atoms with Crippen LogP contribution in [-0.2, 0) is 16.1 Å². The second-order valence-corrected chi connectivity index (χ2v) is 6.44. The number of hydrogen-bond acceptors (Lipinski definition) is 5. The normalized spacial score (nSPS) is 17.2. The molecule has 2 aromatic rings. The second-order valence-electron chi connectivity index (χ2n) is 6.44. The third-order valence-corrected chi connectivity index (χ3v) is 4.45. The summed E-state index contributed by atoms with van der Waals surface area (Å²) in [4.78, 5) is 18.5. The molecule has 6 nitrogen and oxygen atoms in total. The SMILES string of the molecule is COc1ccc(CN(C)CC(=O)NC[C@H]2CCCO2)c2cccnc12. The standard InChI is InChI=1S/C19H25N3O3/c1-22(13-18(23)21-11-15-5-4-10-25-15)12-14-7-8-17(24-2)19-16(14)6-3-9-20-19/h3,6-9,15H,4-5,10-13H2,1-2H3,(H,21,23)/t15-/m1/s1. The molecule has 25 heavy (non-hydrogen) atoms. The molecule has 1 aromatic carbocycles. The Bertz CT molecular complexity index is 729. The van der Waals surface area contributed by atoms with Crippen LogP contribution in [0.5, 0.6) is 5.75 Å². The van der Waals surface area contributed by atoms with Crippen molar-refractivity contribution in [1.29, 1.82) is 0 Å². The Morgan fingerprint density at radius 3 is 3.08 bits per heavy atom. The number of nitrogens with zero attached hydrogens (tertiary/aromatic N) is 2. The van der Waals surface area contributed by atoms with E-state index in [0.29, 0.717) is 19.6 Å². The minimum Gasteiger partial charge on any atom is -0.494 e. The molecule has 1 aromatic heterocycles. The Labute approximate surface area is 148 Å². The van der Waals surface area contributed by atoms with Crippen LogP contribution in [0.4, 0.5) is 0 Å². The van der Waals surface area contributed by atoms with Crippen LogP contribution in [0.2, 0.25) is 0 Å². The van der Waals surface area contributed by atoms with Gasteiger partial charge in [0.05, 0.1) is 19.8 Å². The smallest absolute Gasteiger partial charge is 0.234 e. The molecule has 1 N–H and O–H groups in total. The first-order chi connectivity index (χ1) is 12.2. The van der Waals surface area contributed by atoms with Crippen LogP contribution in [0.3, 0.4) is 0 Å². The van der Waals surface area contributed by atoms with Crippen molar-refractivity contribution in [2.24, 2.45) is 0 Å². The quantitative estimate of drug-likeness (QED) is 0.833. The molecule has 0 radical (unpaired) electrons. The molecular formula is C19H25N3O3. The molecule has 0 aliphatic carbocycles. The molecular weight excluding hydrogens is 318 g/mol. The summed E-state index contributed by atoms with van der Waals surface area (Å²) in [5.41, 5.74) is 1.97. The molecule has 1 fully saturated rings. The van der Waals surface area contributed by atoms with Gasteiger partial charge in [0, 0.05) is 31.3 Å². The highest BCUT2D eigenvalue weighted by Crippen LogP contribution is 2.27. The van der Waals surface area contributed by atoms with Crippen molar-refractivity contribution in [3.63, 3.8) is 0 Å². The van der Waals surface area contributed by atoms with Crippen LogP contribution in [0.25, 0.3) is 10.9 Å². The lowest BCUT2D eigenvalue weighted by Gasteiger charge is -2.19. The van der Waals surface area contributed by atoms with Gasteiger partial charge in [0.25, 0.3) is 0 Å². The average molecular weight is 343 g/mol. The second kappa shape index (κ2) is 8.27. The fourth-order valence-electron chi connectivity index (χ4n) is 3.19. The molecule has 1 amide bonds. The van der Waals surface area contributed by atoms with Gasteiger partial charge < -0.3 is 14.8 Å². The highest BCUT2D eigenvalue weighted by Gasteiger charge is 2.17. The predicted molar refractivity (Wildman–Crippen MR) is 96.6 cm³/mol. The van der Waals surface area contributed by atoms with Gasteiger partial charge in [-0.05, 0) is 37.6 Å². The zero-order valence-electron chi connectivity index (χ0n) is 14.8. The number of nitrogens with one attached hydrogen (secondary N) is 1. The number of methoxy groups -OCH3 is 1. The van der Waals surface area contributed by atoms with Crippen LogP contribution in [0.1, 0.15) is 18.4 Å². The summed E-state index contributed by atoms with van der Waals surface area (Å²) in [7, 11) is 3.59. The Kier molecular flexibility index (Phi) is 5.83. The molecule has 3 rings (SSSR count). The maximum Gasteiger partial charge on any atom is 0.234 e. The van der Waals surface area contributed by atoms with Crippen molar-refractivity contribution in [3.8, 4) is 5.75 Å². The molecule has 0 unspecified atom stereocenters. The molecule has 2 heterocycles. The molecule has 6 heteroatoms. The van der Waals surface area contributed by atoms with E-state index in [4.69, 9.17) is 9.47 Å². The van der Waals surface area contributed by atoms with E-state index < -0.39 is 0 Å². The molecule has 1 aliphatic heterocycles. The van der Waals surface area contributed by atoms with Gasteiger partial charge in [-0.2, -0.15) is 0 Å². The molecule has 134 valence electrons. The Hall–Kier alpha value is -2.18. The van der Waals surface area contributed by atoms with E-state index >= 15 is 0 Å². The number of pyridine rings is 1. The number of carbonyl (C=O) groups excluding carboxylic acids is 1. The molecule has 0 spiro atoms. The van der Waals surface area contributed by atoms with Crippen molar-refractivity contribution < 1.29 is 14.3 Å². The largest absolute Gasteiger partial charge is 0.494 e. The molecule has 1 aliphatic rings. The molecule has 0 saturated carbocycles. The van der Waals surface area contributed by atoms with E-state index in [0.717, 1.165) is 41.7 Å².